The Kier molecular flexibility index (Phi) is 8.32. The van der Waals surface area contributed by atoms with Crippen LogP contribution in [0.1, 0.15) is 62.9 Å². The second-order valence-electron chi connectivity index (χ2n) is 11.0. The number of piperidine rings is 1. The van der Waals surface area contributed by atoms with Gasteiger partial charge in [-0.05, 0) is 78.1 Å². The lowest BCUT2D eigenvalue weighted by Gasteiger charge is -2.33. The minimum atomic E-state index is -0.116. The molecule has 37 heavy (non-hydrogen) atoms. The number of benzene rings is 3. The molecule has 3 aromatic carbocycles. The van der Waals surface area contributed by atoms with Crippen LogP contribution in [0.5, 0.6) is 0 Å². The molecule has 1 fully saturated rings. The molecule has 5 heteroatoms. The summed E-state index contributed by atoms with van der Waals surface area (Å²) >= 11 is 0. The highest BCUT2D eigenvalue weighted by Gasteiger charge is 2.22. The molecular formula is C32H39N3O2. The summed E-state index contributed by atoms with van der Waals surface area (Å²) in [5.41, 5.74) is 5.89. The number of hydrogen-bond acceptors (Lipinski definition) is 3. The quantitative estimate of drug-likeness (QED) is 0.384. The van der Waals surface area contributed by atoms with Crippen LogP contribution >= 0.6 is 0 Å². The van der Waals surface area contributed by atoms with Crippen LogP contribution in [-0.2, 0) is 10.2 Å². The molecule has 4 rings (SSSR count). The number of nitrogens with one attached hydrogen (secondary N) is 2. The monoisotopic (exact) mass is 497 g/mol. The van der Waals surface area contributed by atoms with Crippen LogP contribution in [0.4, 0.5) is 11.4 Å². The van der Waals surface area contributed by atoms with E-state index in [1.807, 2.05) is 43.3 Å². The van der Waals surface area contributed by atoms with Gasteiger partial charge in [0.15, 0.2) is 0 Å². The van der Waals surface area contributed by atoms with Gasteiger partial charge in [0.05, 0.1) is 0 Å². The maximum Gasteiger partial charge on any atom is 0.256 e. The summed E-state index contributed by atoms with van der Waals surface area (Å²) in [6.07, 6.45) is 2.65. The molecule has 0 radical (unpaired) electrons. The first-order valence-corrected chi connectivity index (χ1v) is 13.4. The van der Waals surface area contributed by atoms with Gasteiger partial charge in [-0.1, -0.05) is 63.2 Å². The van der Waals surface area contributed by atoms with Crippen LogP contribution in [0, 0.1) is 5.92 Å². The zero-order valence-electron chi connectivity index (χ0n) is 22.5. The Balaban J connectivity index is 1.39. The van der Waals surface area contributed by atoms with E-state index in [1.54, 1.807) is 0 Å². The molecule has 0 unspecified atom stereocenters. The SMILES string of the molecule is CCNC(=O)CC1CCN(c2ccc(NC(=O)c3ccccc3-c3ccc(C(C)(C)C)cc3)cc2)CC1. The zero-order chi connectivity index (χ0) is 26.4. The first kappa shape index (κ1) is 26.5. The first-order valence-electron chi connectivity index (χ1n) is 13.4. The number of hydrogen-bond donors (Lipinski definition) is 2. The Hall–Kier alpha value is -3.60. The van der Waals surface area contributed by atoms with Crippen LogP contribution in [0.2, 0.25) is 0 Å². The zero-order valence-corrected chi connectivity index (χ0v) is 22.5. The summed E-state index contributed by atoms with van der Waals surface area (Å²) in [6.45, 7) is 11.1. The number of rotatable bonds is 7. The number of amides is 2. The van der Waals surface area contributed by atoms with Crippen molar-refractivity contribution in [1.82, 2.24) is 5.32 Å². The van der Waals surface area contributed by atoms with Crippen LogP contribution in [-0.4, -0.2) is 31.4 Å². The molecule has 0 saturated carbocycles. The summed E-state index contributed by atoms with van der Waals surface area (Å²) in [4.78, 5) is 27.5. The van der Waals surface area contributed by atoms with Crippen molar-refractivity contribution in [3.05, 3.63) is 83.9 Å². The van der Waals surface area contributed by atoms with Gasteiger partial charge in [0, 0.05) is 43.0 Å². The van der Waals surface area contributed by atoms with Gasteiger partial charge >= 0.3 is 0 Å². The molecule has 194 valence electrons. The molecule has 2 amide bonds. The summed E-state index contributed by atoms with van der Waals surface area (Å²) in [5, 5.41) is 5.98. The lowest BCUT2D eigenvalue weighted by molar-refractivity contribution is -0.122. The molecule has 1 aliphatic heterocycles. The van der Waals surface area contributed by atoms with E-state index in [-0.39, 0.29) is 17.2 Å². The molecule has 3 aromatic rings. The van der Waals surface area contributed by atoms with E-state index in [0.717, 1.165) is 48.4 Å². The van der Waals surface area contributed by atoms with Crippen molar-refractivity contribution in [2.75, 3.05) is 29.9 Å². The molecule has 0 bridgehead atoms. The molecule has 1 heterocycles. The Morgan fingerprint density at radius 3 is 2.16 bits per heavy atom. The molecule has 0 aromatic heterocycles. The van der Waals surface area contributed by atoms with Gasteiger partial charge in [0.1, 0.15) is 0 Å². The third kappa shape index (κ3) is 6.79. The number of anilines is 2. The van der Waals surface area contributed by atoms with E-state index in [0.29, 0.717) is 24.4 Å². The predicted octanol–water partition coefficient (Wildman–Crippen LogP) is 6.65. The van der Waals surface area contributed by atoms with Crippen molar-refractivity contribution in [2.45, 2.75) is 52.4 Å². The van der Waals surface area contributed by atoms with Gasteiger partial charge in [-0.25, -0.2) is 0 Å². The number of nitrogens with zero attached hydrogens (tertiary/aromatic N) is 1. The maximum absolute atomic E-state index is 13.2. The standard InChI is InChI=1S/C32H39N3O2/c1-5-33-30(36)22-23-18-20-35(21-19-23)27-16-14-26(15-17-27)34-31(37)29-9-7-6-8-28(29)24-10-12-25(13-11-24)32(2,3)4/h6-17,23H,5,18-22H2,1-4H3,(H,33,36)(H,34,37). The predicted molar refractivity (Wildman–Crippen MR) is 153 cm³/mol. The maximum atomic E-state index is 13.2. The van der Waals surface area contributed by atoms with Crippen molar-refractivity contribution in [3.63, 3.8) is 0 Å². The second kappa shape index (κ2) is 11.6. The fraction of sp³-hybridized carbons (Fsp3) is 0.375. The molecule has 0 atom stereocenters. The summed E-state index contributed by atoms with van der Waals surface area (Å²) in [6, 6.07) is 24.3. The molecule has 1 aliphatic rings. The minimum Gasteiger partial charge on any atom is -0.372 e. The molecule has 1 saturated heterocycles. The molecule has 0 aliphatic carbocycles. The van der Waals surface area contributed by atoms with Crippen molar-refractivity contribution < 1.29 is 9.59 Å². The number of carbonyl (C=O) groups is 2. The summed E-state index contributed by atoms with van der Waals surface area (Å²) < 4.78 is 0. The van der Waals surface area contributed by atoms with Gasteiger partial charge in [0.2, 0.25) is 5.91 Å². The van der Waals surface area contributed by atoms with E-state index >= 15 is 0 Å². The van der Waals surface area contributed by atoms with Crippen LogP contribution < -0.4 is 15.5 Å². The van der Waals surface area contributed by atoms with Gasteiger partial charge < -0.3 is 15.5 Å². The van der Waals surface area contributed by atoms with Gasteiger partial charge in [-0.15, -0.1) is 0 Å². The lowest BCUT2D eigenvalue weighted by atomic mass is 9.86. The Labute approximate surface area is 221 Å². The third-order valence-electron chi connectivity index (χ3n) is 7.19. The third-order valence-corrected chi connectivity index (χ3v) is 7.19. The highest BCUT2D eigenvalue weighted by Crippen LogP contribution is 2.29. The van der Waals surface area contributed by atoms with E-state index in [9.17, 15) is 9.59 Å². The smallest absolute Gasteiger partial charge is 0.256 e. The minimum absolute atomic E-state index is 0.0860. The lowest BCUT2D eigenvalue weighted by Crippen LogP contribution is -2.35. The van der Waals surface area contributed by atoms with Crippen LogP contribution in [0.15, 0.2) is 72.8 Å². The van der Waals surface area contributed by atoms with E-state index in [2.05, 4.69) is 72.7 Å². The van der Waals surface area contributed by atoms with Crippen LogP contribution in [0.3, 0.4) is 0 Å². The van der Waals surface area contributed by atoms with Gasteiger partial charge in [-0.3, -0.25) is 9.59 Å². The van der Waals surface area contributed by atoms with Crippen LogP contribution in [0.25, 0.3) is 11.1 Å². The molecular weight excluding hydrogens is 458 g/mol. The highest BCUT2D eigenvalue weighted by molar-refractivity contribution is 6.08. The summed E-state index contributed by atoms with van der Waals surface area (Å²) in [7, 11) is 0. The Morgan fingerprint density at radius 1 is 0.892 bits per heavy atom. The topological polar surface area (TPSA) is 61.4 Å². The normalized spacial score (nSPS) is 14.3. The Bertz CT molecular complexity index is 1200. The van der Waals surface area contributed by atoms with Crippen molar-refractivity contribution in [2.24, 2.45) is 5.92 Å². The average molecular weight is 498 g/mol. The fourth-order valence-corrected chi connectivity index (χ4v) is 4.96. The largest absolute Gasteiger partial charge is 0.372 e. The first-order chi connectivity index (χ1) is 17.7. The van der Waals surface area contributed by atoms with Crippen molar-refractivity contribution in [3.8, 4) is 11.1 Å². The van der Waals surface area contributed by atoms with Crippen molar-refractivity contribution in [1.29, 1.82) is 0 Å². The summed E-state index contributed by atoms with van der Waals surface area (Å²) in [5.74, 6) is 0.491. The second-order valence-corrected chi connectivity index (χ2v) is 11.0. The molecule has 0 spiro atoms. The highest BCUT2D eigenvalue weighted by atomic mass is 16.2. The van der Waals surface area contributed by atoms with Crippen molar-refractivity contribution >= 4 is 23.2 Å². The Morgan fingerprint density at radius 2 is 1.54 bits per heavy atom. The molecule has 5 nitrogen and oxygen atoms in total. The number of carbonyl (C=O) groups excluding carboxylic acids is 2. The van der Waals surface area contributed by atoms with E-state index in [1.165, 1.54) is 5.56 Å². The van der Waals surface area contributed by atoms with E-state index < -0.39 is 0 Å². The van der Waals surface area contributed by atoms with Gasteiger partial charge in [-0.2, -0.15) is 0 Å². The van der Waals surface area contributed by atoms with E-state index in [4.69, 9.17) is 0 Å². The fourth-order valence-electron chi connectivity index (χ4n) is 4.96. The van der Waals surface area contributed by atoms with Gasteiger partial charge in [0.25, 0.3) is 5.91 Å². The average Bonchev–Trinajstić information content (AvgIpc) is 2.89. The molecule has 2 N–H and O–H groups in total.